The van der Waals surface area contributed by atoms with Gasteiger partial charge in [0.15, 0.2) is 5.96 Å². The van der Waals surface area contributed by atoms with Crippen LogP contribution in [0.15, 0.2) is 27.8 Å². The second-order valence-corrected chi connectivity index (χ2v) is 8.79. The van der Waals surface area contributed by atoms with E-state index in [0.29, 0.717) is 6.54 Å². The summed E-state index contributed by atoms with van der Waals surface area (Å²) in [6.07, 6.45) is 7.27. The number of carbonyl (C=O) groups excluding carboxylic acids is 1. The molecule has 0 spiro atoms. The van der Waals surface area contributed by atoms with Crippen LogP contribution in [-0.2, 0) is 16.0 Å². The van der Waals surface area contributed by atoms with Crippen LogP contribution in [0.25, 0.3) is 0 Å². The lowest BCUT2D eigenvalue weighted by molar-refractivity contribution is -0.135. The number of aliphatic imine (C=N–C) groups is 1. The summed E-state index contributed by atoms with van der Waals surface area (Å²) < 4.78 is 11.2. The summed E-state index contributed by atoms with van der Waals surface area (Å²) >= 11 is 0. The molecule has 0 saturated carbocycles. The Morgan fingerprint density at radius 3 is 2.59 bits per heavy atom. The number of hydrogen-bond donors (Lipinski definition) is 1. The fraction of sp³-hybridized carbons (Fsp3) is 0.739. The molecule has 3 aliphatic rings. The molecule has 0 aliphatic carbocycles. The lowest BCUT2D eigenvalue weighted by Crippen LogP contribution is -2.57. The molecule has 0 aromatic carbocycles. The van der Waals surface area contributed by atoms with Crippen molar-refractivity contribution in [3.05, 3.63) is 24.2 Å². The third-order valence-electron chi connectivity index (χ3n) is 6.64. The molecular formula is C23H38IN5O3. The van der Waals surface area contributed by atoms with E-state index in [2.05, 4.69) is 22.0 Å². The number of likely N-dealkylation sites (tertiary alicyclic amines) is 1. The first-order valence-electron chi connectivity index (χ1n) is 11.9. The molecule has 3 fully saturated rings. The van der Waals surface area contributed by atoms with Crippen LogP contribution in [0.3, 0.4) is 0 Å². The van der Waals surface area contributed by atoms with Crippen molar-refractivity contribution < 1.29 is 13.9 Å². The van der Waals surface area contributed by atoms with Gasteiger partial charge in [-0.05, 0) is 44.7 Å². The van der Waals surface area contributed by atoms with Crippen LogP contribution in [0.2, 0.25) is 0 Å². The van der Waals surface area contributed by atoms with E-state index in [0.717, 1.165) is 96.2 Å². The minimum Gasteiger partial charge on any atom is -0.469 e. The SMILES string of the molecule is CC(C(=O)N1CCCC1)N1CCN(C(=NCC2CCCO2)NCCc2ccco2)CC1.I. The molecule has 2 atom stereocenters. The highest BCUT2D eigenvalue weighted by molar-refractivity contribution is 14.0. The first-order valence-corrected chi connectivity index (χ1v) is 11.9. The van der Waals surface area contributed by atoms with E-state index in [-0.39, 0.29) is 42.0 Å². The van der Waals surface area contributed by atoms with Gasteiger partial charge in [-0.15, -0.1) is 24.0 Å². The van der Waals surface area contributed by atoms with Gasteiger partial charge in [-0.3, -0.25) is 14.7 Å². The summed E-state index contributed by atoms with van der Waals surface area (Å²) in [4.78, 5) is 24.3. The highest BCUT2D eigenvalue weighted by Gasteiger charge is 2.30. The van der Waals surface area contributed by atoms with E-state index in [1.807, 2.05) is 17.0 Å². The van der Waals surface area contributed by atoms with Gasteiger partial charge in [0.1, 0.15) is 5.76 Å². The van der Waals surface area contributed by atoms with Crippen molar-refractivity contribution in [2.24, 2.45) is 4.99 Å². The minimum atomic E-state index is -0.0422. The summed E-state index contributed by atoms with van der Waals surface area (Å²) in [5, 5.41) is 3.53. The zero-order valence-electron chi connectivity index (χ0n) is 19.2. The molecule has 3 saturated heterocycles. The normalized spacial score (nSPS) is 23.3. The predicted molar refractivity (Wildman–Crippen MR) is 136 cm³/mol. The molecule has 1 N–H and O–H groups in total. The van der Waals surface area contributed by atoms with Crippen LogP contribution >= 0.6 is 24.0 Å². The van der Waals surface area contributed by atoms with Crippen molar-refractivity contribution in [1.29, 1.82) is 0 Å². The molecule has 0 radical (unpaired) electrons. The molecule has 4 heterocycles. The Morgan fingerprint density at radius 1 is 1.16 bits per heavy atom. The molecule has 180 valence electrons. The molecule has 2 unspecified atom stereocenters. The van der Waals surface area contributed by atoms with Gasteiger partial charge >= 0.3 is 0 Å². The summed E-state index contributed by atoms with van der Waals surface area (Å²) in [5.74, 6) is 2.21. The van der Waals surface area contributed by atoms with Gasteiger partial charge in [0.2, 0.25) is 5.91 Å². The van der Waals surface area contributed by atoms with Gasteiger partial charge in [0.25, 0.3) is 0 Å². The average molecular weight is 559 g/mol. The number of piperazine rings is 1. The Bertz CT molecular complexity index is 709. The van der Waals surface area contributed by atoms with Gasteiger partial charge in [-0.25, -0.2) is 0 Å². The largest absolute Gasteiger partial charge is 0.469 e. The topological polar surface area (TPSA) is 73.6 Å². The monoisotopic (exact) mass is 559 g/mol. The summed E-state index contributed by atoms with van der Waals surface area (Å²) in [6.45, 7) is 9.72. The number of guanidine groups is 1. The molecular weight excluding hydrogens is 521 g/mol. The average Bonchev–Trinajstić information content (AvgIpc) is 3.58. The Morgan fingerprint density at radius 2 is 1.94 bits per heavy atom. The van der Waals surface area contributed by atoms with E-state index in [9.17, 15) is 4.79 Å². The number of carbonyl (C=O) groups is 1. The molecule has 3 aliphatic heterocycles. The molecule has 1 aromatic heterocycles. The fourth-order valence-corrected chi connectivity index (χ4v) is 4.68. The minimum absolute atomic E-state index is 0. The maximum Gasteiger partial charge on any atom is 0.239 e. The van der Waals surface area contributed by atoms with E-state index in [1.54, 1.807) is 6.26 Å². The molecule has 0 bridgehead atoms. The maximum atomic E-state index is 12.8. The lowest BCUT2D eigenvalue weighted by atomic mass is 10.2. The number of nitrogens with one attached hydrogen (secondary N) is 1. The Labute approximate surface area is 208 Å². The lowest BCUT2D eigenvalue weighted by Gasteiger charge is -2.39. The van der Waals surface area contributed by atoms with Gasteiger partial charge in [0.05, 0.1) is 25.0 Å². The Hall–Kier alpha value is -1.33. The van der Waals surface area contributed by atoms with E-state index in [4.69, 9.17) is 14.1 Å². The van der Waals surface area contributed by atoms with Gasteiger partial charge < -0.3 is 24.3 Å². The zero-order valence-corrected chi connectivity index (χ0v) is 21.5. The van der Waals surface area contributed by atoms with Crippen molar-refractivity contribution in [2.75, 3.05) is 59.0 Å². The molecule has 4 rings (SSSR count). The molecule has 1 aromatic rings. The number of amides is 1. The van der Waals surface area contributed by atoms with Crippen LogP contribution < -0.4 is 5.32 Å². The number of ether oxygens (including phenoxy) is 1. The van der Waals surface area contributed by atoms with Crippen molar-refractivity contribution >= 4 is 35.8 Å². The van der Waals surface area contributed by atoms with E-state index >= 15 is 0 Å². The second kappa shape index (κ2) is 12.8. The van der Waals surface area contributed by atoms with E-state index in [1.165, 1.54) is 0 Å². The molecule has 9 heteroatoms. The third-order valence-corrected chi connectivity index (χ3v) is 6.64. The number of nitrogens with zero attached hydrogens (tertiary/aromatic N) is 4. The third kappa shape index (κ3) is 6.84. The van der Waals surface area contributed by atoms with E-state index < -0.39 is 0 Å². The second-order valence-electron chi connectivity index (χ2n) is 8.79. The summed E-state index contributed by atoms with van der Waals surface area (Å²) in [5.41, 5.74) is 0. The van der Waals surface area contributed by atoms with Crippen LogP contribution in [0.4, 0.5) is 0 Å². The number of halogens is 1. The Kier molecular flexibility index (Phi) is 10.1. The zero-order chi connectivity index (χ0) is 21.5. The maximum absolute atomic E-state index is 12.8. The van der Waals surface area contributed by atoms with Crippen molar-refractivity contribution in [1.82, 2.24) is 20.0 Å². The Balaban J connectivity index is 0.00000289. The predicted octanol–water partition coefficient (Wildman–Crippen LogP) is 2.19. The number of rotatable bonds is 7. The smallest absolute Gasteiger partial charge is 0.239 e. The van der Waals surface area contributed by atoms with Crippen LogP contribution in [-0.4, -0.2) is 97.7 Å². The summed E-state index contributed by atoms with van der Waals surface area (Å²) in [6, 6.07) is 3.88. The molecule has 1 amide bonds. The fourth-order valence-electron chi connectivity index (χ4n) is 4.68. The molecule has 8 nitrogen and oxygen atoms in total. The summed E-state index contributed by atoms with van der Waals surface area (Å²) in [7, 11) is 0. The van der Waals surface area contributed by atoms with Crippen LogP contribution in [0, 0.1) is 0 Å². The van der Waals surface area contributed by atoms with Crippen molar-refractivity contribution in [2.45, 2.75) is 51.2 Å². The standard InChI is InChI=1S/C23H37N5O3.HI/c1-19(22(29)27-10-2-3-11-27)26-12-14-28(15-13-26)23(25-18-21-7-5-17-31-21)24-9-8-20-6-4-16-30-20;/h4,6,16,19,21H,2-3,5,7-15,17-18H2,1H3,(H,24,25);1H. The quantitative estimate of drug-likeness (QED) is 0.314. The van der Waals surface area contributed by atoms with Gasteiger partial charge in [0, 0.05) is 58.8 Å². The van der Waals surface area contributed by atoms with Gasteiger partial charge in [-0.2, -0.15) is 0 Å². The molecule has 32 heavy (non-hydrogen) atoms. The first kappa shape index (κ1) is 25.3. The number of hydrogen-bond acceptors (Lipinski definition) is 5. The van der Waals surface area contributed by atoms with Crippen molar-refractivity contribution in [3.8, 4) is 0 Å². The van der Waals surface area contributed by atoms with Crippen LogP contribution in [0.5, 0.6) is 0 Å². The highest BCUT2D eigenvalue weighted by atomic mass is 127. The van der Waals surface area contributed by atoms with Gasteiger partial charge in [-0.1, -0.05) is 0 Å². The number of furan rings is 1. The highest BCUT2D eigenvalue weighted by Crippen LogP contribution is 2.15. The van der Waals surface area contributed by atoms with Crippen molar-refractivity contribution in [3.63, 3.8) is 0 Å². The van der Waals surface area contributed by atoms with Crippen LogP contribution in [0.1, 0.15) is 38.4 Å². The first-order chi connectivity index (χ1) is 15.2.